The number of hydrogen-bond donors (Lipinski definition) is 3. The van der Waals surface area contributed by atoms with E-state index in [4.69, 9.17) is 10.2 Å². The van der Waals surface area contributed by atoms with Crippen molar-refractivity contribution in [3.8, 4) is 0 Å². The molecule has 1 rings (SSSR count). The lowest BCUT2D eigenvalue weighted by Gasteiger charge is -2.20. The Bertz CT molecular complexity index is 369. The van der Waals surface area contributed by atoms with Crippen LogP contribution in [0, 0.1) is 0 Å². The smallest absolute Gasteiger partial charge is 0.312 e. The van der Waals surface area contributed by atoms with Crippen LogP contribution in [0.4, 0.5) is 0 Å². The van der Waals surface area contributed by atoms with E-state index in [0.717, 1.165) is 17.9 Å². The molecule has 3 amide bonds. The van der Waals surface area contributed by atoms with Gasteiger partial charge >= 0.3 is 11.8 Å². The second-order valence-electron chi connectivity index (χ2n) is 4.83. The summed E-state index contributed by atoms with van der Waals surface area (Å²) in [5, 5.41) is 20.1. The van der Waals surface area contributed by atoms with Crippen LogP contribution in [0.15, 0.2) is 0 Å². The standard InChI is InChI=1S/C13H23N3O5/c17-9-7-16(8-10-18)13(21)12(20)14-4-2-6-15-5-1-3-11(15)19/h17-18H,1-10H2,(H,14,20). The fourth-order valence-corrected chi connectivity index (χ4v) is 2.19. The highest BCUT2D eigenvalue weighted by Gasteiger charge is 2.21. The topological polar surface area (TPSA) is 110 Å². The number of carbonyl (C=O) groups is 3. The number of hydrogen-bond acceptors (Lipinski definition) is 5. The fraction of sp³-hybridized carbons (Fsp3) is 0.769. The van der Waals surface area contributed by atoms with Gasteiger partial charge in [0.25, 0.3) is 0 Å². The molecule has 21 heavy (non-hydrogen) atoms. The molecule has 0 saturated carbocycles. The Hall–Kier alpha value is -1.67. The van der Waals surface area contributed by atoms with Crippen molar-refractivity contribution in [3.63, 3.8) is 0 Å². The van der Waals surface area contributed by atoms with Crippen LogP contribution in [0.1, 0.15) is 19.3 Å². The number of nitrogens with one attached hydrogen (secondary N) is 1. The third-order valence-electron chi connectivity index (χ3n) is 3.28. The van der Waals surface area contributed by atoms with Gasteiger partial charge in [0.15, 0.2) is 0 Å². The van der Waals surface area contributed by atoms with Crippen molar-refractivity contribution >= 4 is 17.7 Å². The Kier molecular flexibility index (Phi) is 7.70. The van der Waals surface area contributed by atoms with Crippen molar-refractivity contribution in [2.24, 2.45) is 0 Å². The summed E-state index contributed by atoms with van der Waals surface area (Å²) in [6.07, 6.45) is 2.05. The highest BCUT2D eigenvalue weighted by atomic mass is 16.3. The molecule has 0 aromatic rings. The largest absolute Gasteiger partial charge is 0.395 e. The van der Waals surface area contributed by atoms with Gasteiger partial charge in [0, 0.05) is 39.1 Å². The Labute approximate surface area is 123 Å². The van der Waals surface area contributed by atoms with Crippen LogP contribution < -0.4 is 5.32 Å². The van der Waals surface area contributed by atoms with Crippen LogP contribution >= 0.6 is 0 Å². The van der Waals surface area contributed by atoms with E-state index >= 15 is 0 Å². The second kappa shape index (κ2) is 9.30. The molecule has 0 atom stereocenters. The van der Waals surface area contributed by atoms with Crippen molar-refractivity contribution < 1.29 is 24.6 Å². The molecule has 1 heterocycles. The number of nitrogens with zero attached hydrogens (tertiary/aromatic N) is 2. The zero-order valence-electron chi connectivity index (χ0n) is 12.1. The molecule has 1 aliphatic rings. The maximum Gasteiger partial charge on any atom is 0.312 e. The van der Waals surface area contributed by atoms with Gasteiger partial charge < -0.3 is 25.3 Å². The molecular weight excluding hydrogens is 278 g/mol. The summed E-state index contributed by atoms with van der Waals surface area (Å²) in [6.45, 7) is 1.12. The summed E-state index contributed by atoms with van der Waals surface area (Å²) < 4.78 is 0. The van der Waals surface area contributed by atoms with E-state index in [1.807, 2.05) is 0 Å². The minimum Gasteiger partial charge on any atom is -0.395 e. The summed E-state index contributed by atoms with van der Waals surface area (Å²) in [5.41, 5.74) is 0. The first-order chi connectivity index (χ1) is 10.1. The number of likely N-dealkylation sites (tertiary alicyclic amines) is 1. The average Bonchev–Trinajstić information content (AvgIpc) is 2.87. The SMILES string of the molecule is O=C(NCCCN1CCCC1=O)C(=O)N(CCO)CCO. The average molecular weight is 301 g/mol. The second-order valence-corrected chi connectivity index (χ2v) is 4.83. The molecule has 3 N–H and O–H groups in total. The molecular formula is C13H23N3O5. The van der Waals surface area contributed by atoms with E-state index < -0.39 is 11.8 Å². The third kappa shape index (κ3) is 5.68. The van der Waals surface area contributed by atoms with Gasteiger partial charge in [-0.1, -0.05) is 0 Å². The summed E-state index contributed by atoms with van der Waals surface area (Å²) in [7, 11) is 0. The van der Waals surface area contributed by atoms with Crippen molar-refractivity contribution in [2.75, 3.05) is 45.9 Å². The van der Waals surface area contributed by atoms with E-state index in [-0.39, 0.29) is 32.2 Å². The molecule has 120 valence electrons. The molecule has 8 nitrogen and oxygen atoms in total. The van der Waals surface area contributed by atoms with Gasteiger partial charge in [-0.2, -0.15) is 0 Å². The molecule has 0 unspecified atom stereocenters. The zero-order chi connectivity index (χ0) is 15.7. The highest BCUT2D eigenvalue weighted by molar-refractivity contribution is 6.35. The van der Waals surface area contributed by atoms with E-state index in [1.165, 1.54) is 0 Å². The molecule has 0 aromatic heterocycles. The van der Waals surface area contributed by atoms with E-state index in [0.29, 0.717) is 25.9 Å². The Morgan fingerprint density at radius 3 is 2.43 bits per heavy atom. The number of amides is 3. The first-order valence-corrected chi connectivity index (χ1v) is 7.16. The van der Waals surface area contributed by atoms with Crippen molar-refractivity contribution in [1.82, 2.24) is 15.1 Å². The Morgan fingerprint density at radius 2 is 1.90 bits per heavy atom. The fourth-order valence-electron chi connectivity index (χ4n) is 2.19. The quantitative estimate of drug-likeness (QED) is 0.352. The van der Waals surface area contributed by atoms with E-state index in [2.05, 4.69) is 5.32 Å². The van der Waals surface area contributed by atoms with Crippen LogP contribution in [0.3, 0.4) is 0 Å². The predicted octanol–water partition coefficient (Wildman–Crippen LogP) is -2.07. The summed E-state index contributed by atoms with van der Waals surface area (Å²) in [4.78, 5) is 37.6. The minimum absolute atomic E-state index is 0.00902. The minimum atomic E-state index is -0.768. The molecule has 0 aromatic carbocycles. The summed E-state index contributed by atoms with van der Waals surface area (Å²) in [5.74, 6) is -1.39. The van der Waals surface area contributed by atoms with Crippen LogP contribution in [0.2, 0.25) is 0 Å². The Balaban J connectivity index is 2.25. The van der Waals surface area contributed by atoms with E-state index in [9.17, 15) is 14.4 Å². The van der Waals surface area contributed by atoms with Crippen LogP contribution in [0.5, 0.6) is 0 Å². The van der Waals surface area contributed by atoms with E-state index in [1.54, 1.807) is 4.90 Å². The zero-order valence-corrected chi connectivity index (χ0v) is 12.1. The maximum absolute atomic E-state index is 11.8. The van der Waals surface area contributed by atoms with Crippen LogP contribution in [0.25, 0.3) is 0 Å². The molecule has 0 radical (unpaired) electrons. The van der Waals surface area contributed by atoms with Gasteiger partial charge in [-0.3, -0.25) is 14.4 Å². The molecule has 0 aliphatic carbocycles. The highest BCUT2D eigenvalue weighted by Crippen LogP contribution is 2.09. The number of carbonyl (C=O) groups excluding carboxylic acids is 3. The number of rotatable bonds is 8. The number of aliphatic hydroxyl groups excluding tert-OH is 2. The van der Waals surface area contributed by atoms with Gasteiger partial charge in [0.1, 0.15) is 0 Å². The third-order valence-corrected chi connectivity index (χ3v) is 3.28. The molecule has 0 spiro atoms. The lowest BCUT2D eigenvalue weighted by Crippen LogP contribution is -2.45. The van der Waals surface area contributed by atoms with Crippen molar-refractivity contribution in [3.05, 3.63) is 0 Å². The van der Waals surface area contributed by atoms with Gasteiger partial charge in [-0.25, -0.2) is 0 Å². The first-order valence-electron chi connectivity index (χ1n) is 7.16. The summed E-state index contributed by atoms with van der Waals surface area (Å²) in [6, 6.07) is 0. The lowest BCUT2D eigenvalue weighted by molar-refractivity contribution is -0.146. The van der Waals surface area contributed by atoms with Crippen molar-refractivity contribution in [1.29, 1.82) is 0 Å². The molecule has 8 heteroatoms. The number of aliphatic hydroxyl groups is 2. The van der Waals surface area contributed by atoms with Gasteiger partial charge in [0.2, 0.25) is 5.91 Å². The molecule has 1 aliphatic heterocycles. The van der Waals surface area contributed by atoms with Crippen LogP contribution in [-0.2, 0) is 14.4 Å². The summed E-state index contributed by atoms with van der Waals surface area (Å²) >= 11 is 0. The first kappa shape index (κ1) is 17.4. The van der Waals surface area contributed by atoms with Gasteiger partial charge in [-0.15, -0.1) is 0 Å². The van der Waals surface area contributed by atoms with Crippen LogP contribution in [-0.4, -0.2) is 83.7 Å². The normalized spacial score (nSPS) is 14.4. The van der Waals surface area contributed by atoms with Crippen molar-refractivity contribution in [2.45, 2.75) is 19.3 Å². The van der Waals surface area contributed by atoms with Gasteiger partial charge in [0.05, 0.1) is 13.2 Å². The molecule has 1 fully saturated rings. The molecule has 0 bridgehead atoms. The van der Waals surface area contributed by atoms with Gasteiger partial charge in [-0.05, 0) is 12.8 Å². The molecule has 1 saturated heterocycles. The Morgan fingerprint density at radius 1 is 1.24 bits per heavy atom. The lowest BCUT2D eigenvalue weighted by atomic mass is 10.3. The predicted molar refractivity (Wildman–Crippen MR) is 74.2 cm³/mol. The monoisotopic (exact) mass is 301 g/mol. The maximum atomic E-state index is 11.8.